The number of carbonyl (C=O) groups excluding carboxylic acids is 2. The summed E-state index contributed by atoms with van der Waals surface area (Å²) in [7, 11) is -2.88. The number of aryl methyl sites for hydroxylation is 1. The minimum absolute atomic E-state index is 0.0683. The molecule has 0 bridgehead atoms. The Morgan fingerprint density at radius 2 is 1.64 bits per heavy atom. The first-order chi connectivity index (χ1) is 17.2. The van der Waals surface area contributed by atoms with Gasteiger partial charge in [-0.3, -0.25) is 14.9 Å². The highest BCUT2D eigenvalue weighted by molar-refractivity contribution is 7.87. The van der Waals surface area contributed by atoms with Gasteiger partial charge in [-0.25, -0.2) is 0 Å². The third-order valence-corrected chi connectivity index (χ3v) is 6.67. The van der Waals surface area contributed by atoms with E-state index in [1.807, 2.05) is 0 Å². The predicted octanol–water partition coefficient (Wildman–Crippen LogP) is 4.16. The largest absolute Gasteiger partial charge is 0.495 e. The molecule has 0 fully saturated rings. The molecule has 3 aromatic carbocycles. The van der Waals surface area contributed by atoms with Crippen LogP contribution in [0, 0.1) is 6.92 Å². The van der Waals surface area contributed by atoms with Crippen molar-refractivity contribution in [3.05, 3.63) is 76.3 Å². The number of methoxy groups -OCH3 is 1. The zero-order chi connectivity index (χ0) is 25.9. The van der Waals surface area contributed by atoms with E-state index in [9.17, 15) is 18.0 Å². The molecule has 9 nitrogen and oxygen atoms in total. The second-order valence-electron chi connectivity index (χ2n) is 7.83. The standard InChI is InChI=1S/C25H22ClNO8S/c1-15-11-17(14-18(12-15)35-36(30,31)22-13-16(26)7-8-20(22)32-2)33-9-4-10-34-21-6-3-5-19-23(21)25(29)27-24(19)28/h3,5-8,11-14H,4,9-10H2,1-2H3,(H,27,28,29). The number of ether oxygens (including phenoxy) is 3. The molecular formula is C25H22ClNO8S. The van der Waals surface area contributed by atoms with E-state index in [-0.39, 0.29) is 45.8 Å². The van der Waals surface area contributed by atoms with E-state index >= 15 is 0 Å². The van der Waals surface area contributed by atoms with Gasteiger partial charge in [-0.15, -0.1) is 0 Å². The lowest BCUT2D eigenvalue weighted by Crippen LogP contribution is -2.20. The Bertz CT molecular complexity index is 1440. The van der Waals surface area contributed by atoms with Gasteiger partial charge in [0, 0.05) is 17.5 Å². The molecule has 11 heteroatoms. The molecule has 1 aliphatic heterocycles. The number of hydrogen-bond donors (Lipinski definition) is 1. The average molecular weight is 532 g/mol. The van der Waals surface area contributed by atoms with Crippen LogP contribution in [0.25, 0.3) is 0 Å². The zero-order valence-electron chi connectivity index (χ0n) is 19.4. The van der Waals surface area contributed by atoms with Gasteiger partial charge in [0.25, 0.3) is 11.8 Å². The number of fused-ring (bicyclic) bond motifs is 1. The van der Waals surface area contributed by atoms with Gasteiger partial charge in [0.15, 0.2) is 0 Å². The Balaban J connectivity index is 1.37. The van der Waals surface area contributed by atoms with Crippen molar-refractivity contribution < 1.29 is 36.4 Å². The summed E-state index contributed by atoms with van der Waals surface area (Å²) in [6, 6.07) is 13.8. The number of halogens is 1. The summed E-state index contributed by atoms with van der Waals surface area (Å²) in [5.41, 5.74) is 1.23. The summed E-state index contributed by atoms with van der Waals surface area (Å²) in [4.78, 5) is 23.5. The van der Waals surface area contributed by atoms with Crippen molar-refractivity contribution in [2.45, 2.75) is 18.2 Å². The highest BCUT2D eigenvalue weighted by Crippen LogP contribution is 2.31. The molecule has 0 aliphatic carbocycles. The van der Waals surface area contributed by atoms with Crippen LogP contribution < -0.4 is 23.7 Å². The van der Waals surface area contributed by atoms with E-state index < -0.39 is 21.9 Å². The van der Waals surface area contributed by atoms with Gasteiger partial charge < -0.3 is 18.4 Å². The van der Waals surface area contributed by atoms with E-state index in [0.29, 0.717) is 17.9 Å². The second-order valence-corrected chi connectivity index (χ2v) is 9.78. The van der Waals surface area contributed by atoms with Crippen LogP contribution in [0.5, 0.6) is 23.0 Å². The Kier molecular flexibility index (Phi) is 7.37. The zero-order valence-corrected chi connectivity index (χ0v) is 20.9. The maximum Gasteiger partial charge on any atom is 0.342 e. The molecule has 0 saturated carbocycles. The van der Waals surface area contributed by atoms with Crippen LogP contribution in [0.1, 0.15) is 32.7 Å². The van der Waals surface area contributed by atoms with E-state index in [2.05, 4.69) is 5.32 Å². The average Bonchev–Trinajstić information content (AvgIpc) is 3.12. The molecule has 0 aromatic heterocycles. The number of nitrogens with one attached hydrogen (secondary N) is 1. The van der Waals surface area contributed by atoms with E-state index in [1.165, 1.54) is 31.4 Å². The lowest BCUT2D eigenvalue weighted by atomic mass is 10.1. The number of rotatable bonds is 10. The van der Waals surface area contributed by atoms with Gasteiger partial charge in [0.2, 0.25) is 0 Å². The summed E-state index contributed by atoms with van der Waals surface area (Å²) in [5, 5.41) is 2.46. The normalized spacial score (nSPS) is 12.6. The molecule has 188 valence electrons. The molecule has 0 atom stereocenters. The first-order valence-electron chi connectivity index (χ1n) is 10.8. The smallest absolute Gasteiger partial charge is 0.342 e. The number of hydrogen-bond acceptors (Lipinski definition) is 8. The predicted molar refractivity (Wildman–Crippen MR) is 131 cm³/mol. The molecule has 0 saturated heterocycles. The summed E-state index contributed by atoms with van der Waals surface area (Å²) >= 11 is 5.96. The molecule has 4 rings (SSSR count). The topological polar surface area (TPSA) is 117 Å². The molecule has 36 heavy (non-hydrogen) atoms. The highest BCUT2D eigenvalue weighted by Gasteiger charge is 2.30. The van der Waals surface area contributed by atoms with Gasteiger partial charge in [-0.05, 0) is 55.0 Å². The van der Waals surface area contributed by atoms with Crippen molar-refractivity contribution in [1.82, 2.24) is 5.32 Å². The summed E-state index contributed by atoms with van der Waals surface area (Å²) < 4.78 is 47.6. The number of benzene rings is 3. The van der Waals surface area contributed by atoms with Crippen LogP contribution in [0.2, 0.25) is 5.02 Å². The fourth-order valence-corrected chi connectivity index (χ4v) is 4.95. The van der Waals surface area contributed by atoms with Crippen molar-refractivity contribution in [3.8, 4) is 23.0 Å². The van der Waals surface area contributed by atoms with Crippen LogP contribution in [0.4, 0.5) is 0 Å². The minimum atomic E-state index is -4.23. The first kappa shape index (κ1) is 25.3. The minimum Gasteiger partial charge on any atom is -0.495 e. The summed E-state index contributed by atoms with van der Waals surface area (Å²) in [6.45, 7) is 2.26. The maximum absolute atomic E-state index is 12.8. The van der Waals surface area contributed by atoms with E-state index in [0.717, 1.165) is 5.56 Å². The Labute approximate surface area is 213 Å². The van der Waals surface area contributed by atoms with Gasteiger partial charge in [0.05, 0.1) is 31.5 Å². The van der Waals surface area contributed by atoms with Gasteiger partial charge in [-0.2, -0.15) is 8.42 Å². The van der Waals surface area contributed by atoms with Crippen molar-refractivity contribution in [2.75, 3.05) is 20.3 Å². The molecule has 0 radical (unpaired) electrons. The van der Waals surface area contributed by atoms with E-state index in [1.54, 1.807) is 37.3 Å². The third-order valence-electron chi connectivity index (χ3n) is 5.17. The lowest BCUT2D eigenvalue weighted by molar-refractivity contribution is 0.0878. The Morgan fingerprint density at radius 1 is 0.889 bits per heavy atom. The molecule has 1 aliphatic rings. The molecular weight excluding hydrogens is 510 g/mol. The van der Waals surface area contributed by atoms with Crippen molar-refractivity contribution in [2.24, 2.45) is 0 Å². The van der Waals surface area contributed by atoms with Gasteiger partial charge in [-0.1, -0.05) is 17.7 Å². The lowest BCUT2D eigenvalue weighted by Gasteiger charge is -2.13. The highest BCUT2D eigenvalue weighted by atomic mass is 35.5. The molecule has 0 unspecified atom stereocenters. The molecule has 1 heterocycles. The second kappa shape index (κ2) is 10.5. The third kappa shape index (κ3) is 5.55. The van der Waals surface area contributed by atoms with Crippen molar-refractivity contribution in [3.63, 3.8) is 0 Å². The van der Waals surface area contributed by atoms with Crippen molar-refractivity contribution in [1.29, 1.82) is 0 Å². The van der Waals surface area contributed by atoms with Crippen LogP contribution in [0.15, 0.2) is 59.5 Å². The van der Waals surface area contributed by atoms with Gasteiger partial charge >= 0.3 is 10.1 Å². The molecule has 1 N–H and O–H groups in total. The first-order valence-corrected chi connectivity index (χ1v) is 12.6. The quantitative estimate of drug-likeness (QED) is 0.235. The van der Waals surface area contributed by atoms with Crippen LogP contribution >= 0.6 is 11.6 Å². The summed E-state index contributed by atoms with van der Waals surface area (Å²) in [5.74, 6) is -0.0302. The van der Waals surface area contributed by atoms with Gasteiger partial charge in [0.1, 0.15) is 27.9 Å². The van der Waals surface area contributed by atoms with Crippen LogP contribution in [0.3, 0.4) is 0 Å². The van der Waals surface area contributed by atoms with E-state index in [4.69, 9.17) is 30.0 Å². The maximum atomic E-state index is 12.8. The molecule has 0 spiro atoms. The Hall–Kier alpha value is -3.76. The molecule has 3 aromatic rings. The number of imide groups is 1. The van der Waals surface area contributed by atoms with Crippen molar-refractivity contribution >= 4 is 33.5 Å². The fourth-order valence-electron chi connectivity index (χ4n) is 3.60. The summed E-state index contributed by atoms with van der Waals surface area (Å²) in [6.07, 6.45) is 0.460. The SMILES string of the molecule is COc1ccc(Cl)cc1S(=O)(=O)Oc1cc(C)cc(OCCCOc2cccc3c2C(=O)NC3=O)c1. The fraction of sp³-hybridized carbons (Fsp3) is 0.200. The monoisotopic (exact) mass is 531 g/mol. The number of amides is 2. The number of carbonyl (C=O) groups is 2. The van der Waals surface area contributed by atoms with Crippen LogP contribution in [-0.4, -0.2) is 40.6 Å². The molecule has 2 amide bonds. The Morgan fingerprint density at radius 3 is 2.42 bits per heavy atom. The van der Waals surface area contributed by atoms with Crippen LogP contribution in [-0.2, 0) is 10.1 Å².